The number of hydrogen-bond acceptors (Lipinski definition) is 4. The average Bonchev–Trinajstić information content (AvgIpc) is 2.71. The van der Waals surface area contributed by atoms with Gasteiger partial charge in [0.2, 0.25) is 0 Å². The van der Waals surface area contributed by atoms with Crippen LogP contribution in [-0.2, 0) is 0 Å². The zero-order valence-electron chi connectivity index (χ0n) is 15.4. The third kappa shape index (κ3) is 3.82. The van der Waals surface area contributed by atoms with Crippen LogP contribution in [-0.4, -0.2) is 18.0 Å². The Morgan fingerprint density at radius 3 is 2.48 bits per heavy atom. The maximum absolute atomic E-state index is 13.3. The lowest BCUT2D eigenvalue weighted by Gasteiger charge is -2.29. The van der Waals surface area contributed by atoms with Crippen molar-refractivity contribution in [3.05, 3.63) is 93.0 Å². The molecule has 29 heavy (non-hydrogen) atoms. The molecule has 3 aromatic rings. The van der Waals surface area contributed by atoms with Gasteiger partial charge in [0.1, 0.15) is 17.2 Å². The molecule has 0 bridgehead atoms. The van der Waals surface area contributed by atoms with E-state index in [4.69, 9.17) is 32.7 Å². The van der Waals surface area contributed by atoms with Crippen molar-refractivity contribution in [1.82, 2.24) is 0 Å². The summed E-state index contributed by atoms with van der Waals surface area (Å²) in [6.07, 6.45) is 1.04. The summed E-state index contributed by atoms with van der Waals surface area (Å²) in [5.74, 6) is 0.850. The highest BCUT2D eigenvalue weighted by molar-refractivity contribution is 6.35. The first-order chi connectivity index (χ1) is 14.0. The first kappa shape index (κ1) is 19.4. The summed E-state index contributed by atoms with van der Waals surface area (Å²) in [5.41, 5.74) is 2.13. The molecule has 0 saturated heterocycles. The van der Waals surface area contributed by atoms with Gasteiger partial charge in [0.05, 0.1) is 12.7 Å². The molecule has 4 nitrogen and oxygen atoms in total. The highest BCUT2D eigenvalue weighted by Gasteiger charge is 2.34. The van der Waals surface area contributed by atoms with Gasteiger partial charge in [-0.15, -0.1) is 0 Å². The van der Waals surface area contributed by atoms with Crippen LogP contribution in [0.4, 0.5) is 0 Å². The Kier molecular flexibility index (Phi) is 5.22. The first-order valence-corrected chi connectivity index (χ1v) is 9.57. The number of Topliss-reactive ketones (excluding diaryl/α,β-unsaturated/α-hetero) is 1. The summed E-state index contributed by atoms with van der Waals surface area (Å²) in [4.78, 5) is 13.3. The molecule has 0 aliphatic carbocycles. The van der Waals surface area contributed by atoms with Crippen LogP contribution < -0.4 is 9.47 Å². The van der Waals surface area contributed by atoms with E-state index in [2.05, 4.69) is 0 Å². The standard InChI is InChI=1S/C23H16Cl2O4/c1-28-16-6-2-13(3-7-16)10-19-22(27)18-12-15(26)5-9-21(18)29-23(19)17-8-4-14(24)11-20(17)25/h2-12,23,26H,1H3. The molecule has 1 aliphatic rings. The fraction of sp³-hybridized carbons (Fsp3) is 0.0870. The van der Waals surface area contributed by atoms with E-state index in [9.17, 15) is 9.90 Å². The van der Waals surface area contributed by atoms with Crippen molar-refractivity contribution in [2.45, 2.75) is 6.10 Å². The van der Waals surface area contributed by atoms with Crippen molar-refractivity contribution >= 4 is 35.1 Å². The number of ketones is 1. The first-order valence-electron chi connectivity index (χ1n) is 8.81. The molecule has 0 fully saturated rings. The molecule has 146 valence electrons. The van der Waals surface area contributed by atoms with Crippen LogP contribution in [0.5, 0.6) is 17.2 Å². The van der Waals surface area contributed by atoms with Gasteiger partial charge in [0.15, 0.2) is 11.9 Å². The lowest BCUT2D eigenvalue weighted by Crippen LogP contribution is -2.24. The van der Waals surface area contributed by atoms with Gasteiger partial charge in [-0.3, -0.25) is 4.79 Å². The Morgan fingerprint density at radius 2 is 1.79 bits per heavy atom. The Morgan fingerprint density at radius 1 is 1.03 bits per heavy atom. The lowest BCUT2D eigenvalue weighted by molar-refractivity contribution is 0.0963. The lowest BCUT2D eigenvalue weighted by atomic mass is 9.89. The van der Waals surface area contributed by atoms with Crippen LogP contribution in [0.1, 0.15) is 27.6 Å². The molecule has 0 saturated carbocycles. The van der Waals surface area contributed by atoms with E-state index in [1.807, 2.05) is 24.3 Å². The number of ether oxygens (including phenoxy) is 2. The van der Waals surface area contributed by atoms with Gasteiger partial charge in [0, 0.05) is 21.2 Å². The summed E-state index contributed by atoms with van der Waals surface area (Å²) in [5, 5.41) is 10.7. The fourth-order valence-electron chi connectivity index (χ4n) is 3.23. The van der Waals surface area contributed by atoms with Crippen molar-refractivity contribution in [1.29, 1.82) is 0 Å². The molecule has 1 unspecified atom stereocenters. The quantitative estimate of drug-likeness (QED) is 0.513. The zero-order chi connectivity index (χ0) is 20.5. The number of methoxy groups -OCH3 is 1. The monoisotopic (exact) mass is 426 g/mol. The highest BCUT2D eigenvalue weighted by atomic mass is 35.5. The largest absolute Gasteiger partial charge is 0.508 e. The number of phenolic OH excluding ortho intramolecular Hbond substituents is 1. The molecular formula is C23H16Cl2O4. The molecule has 0 amide bonds. The van der Waals surface area contributed by atoms with E-state index in [1.165, 1.54) is 12.1 Å². The van der Waals surface area contributed by atoms with Crippen molar-refractivity contribution in [2.75, 3.05) is 7.11 Å². The van der Waals surface area contributed by atoms with Crippen LogP contribution in [0.3, 0.4) is 0 Å². The molecule has 3 aromatic carbocycles. The van der Waals surface area contributed by atoms with Crippen LogP contribution >= 0.6 is 23.2 Å². The molecule has 0 radical (unpaired) electrons. The van der Waals surface area contributed by atoms with Crippen molar-refractivity contribution < 1.29 is 19.4 Å². The predicted molar refractivity (Wildman–Crippen MR) is 113 cm³/mol. The second-order valence-corrected chi connectivity index (χ2v) is 7.39. The molecule has 1 aliphatic heterocycles. The van der Waals surface area contributed by atoms with Gasteiger partial charge in [-0.1, -0.05) is 41.4 Å². The van der Waals surface area contributed by atoms with E-state index < -0.39 is 6.10 Å². The number of fused-ring (bicyclic) bond motifs is 1. The second kappa shape index (κ2) is 7.82. The molecule has 0 spiro atoms. The number of carbonyl (C=O) groups excluding carboxylic acids is 1. The van der Waals surface area contributed by atoms with E-state index >= 15 is 0 Å². The molecule has 1 heterocycles. The smallest absolute Gasteiger partial charge is 0.196 e. The Bertz CT molecular complexity index is 1120. The van der Waals surface area contributed by atoms with Crippen molar-refractivity contribution in [3.8, 4) is 17.2 Å². The number of hydrogen-bond donors (Lipinski definition) is 1. The van der Waals surface area contributed by atoms with E-state index in [-0.39, 0.29) is 11.5 Å². The van der Waals surface area contributed by atoms with Gasteiger partial charge in [-0.2, -0.15) is 0 Å². The molecule has 1 N–H and O–H groups in total. The highest BCUT2D eigenvalue weighted by Crippen LogP contribution is 2.42. The van der Waals surface area contributed by atoms with E-state index in [1.54, 1.807) is 37.5 Å². The summed E-state index contributed by atoms with van der Waals surface area (Å²) in [6, 6.07) is 16.8. The minimum absolute atomic E-state index is 0.00697. The van der Waals surface area contributed by atoms with Crippen LogP contribution in [0.25, 0.3) is 6.08 Å². The van der Waals surface area contributed by atoms with E-state index in [0.717, 1.165) is 5.56 Å². The van der Waals surface area contributed by atoms with Gasteiger partial charge in [-0.25, -0.2) is 0 Å². The van der Waals surface area contributed by atoms with Crippen LogP contribution in [0.2, 0.25) is 10.0 Å². The molecule has 6 heteroatoms. The second-order valence-electron chi connectivity index (χ2n) is 6.55. The Balaban J connectivity index is 1.86. The fourth-order valence-corrected chi connectivity index (χ4v) is 3.74. The number of carbonyl (C=O) groups is 1. The Labute approximate surface area is 177 Å². The third-order valence-electron chi connectivity index (χ3n) is 4.68. The van der Waals surface area contributed by atoms with Crippen molar-refractivity contribution in [2.24, 2.45) is 0 Å². The normalized spacial score (nSPS) is 17.0. The van der Waals surface area contributed by atoms with E-state index in [0.29, 0.717) is 38.2 Å². The predicted octanol–water partition coefficient (Wildman–Crippen LogP) is 6.11. The minimum Gasteiger partial charge on any atom is -0.508 e. The molecular weight excluding hydrogens is 411 g/mol. The maximum Gasteiger partial charge on any atom is 0.196 e. The number of benzene rings is 3. The molecule has 1 atom stereocenters. The number of aromatic hydroxyl groups is 1. The summed E-state index contributed by atoms with van der Waals surface area (Å²) in [6.45, 7) is 0. The average molecular weight is 427 g/mol. The van der Waals surface area contributed by atoms with Gasteiger partial charge in [0.25, 0.3) is 0 Å². The number of rotatable bonds is 3. The maximum atomic E-state index is 13.3. The summed E-state index contributed by atoms with van der Waals surface area (Å²) < 4.78 is 11.3. The molecule has 4 rings (SSSR count). The summed E-state index contributed by atoms with van der Waals surface area (Å²) in [7, 11) is 1.59. The van der Waals surface area contributed by atoms with Gasteiger partial charge < -0.3 is 14.6 Å². The number of halogens is 2. The Hall–Kier alpha value is -2.95. The third-order valence-corrected chi connectivity index (χ3v) is 5.24. The van der Waals surface area contributed by atoms with Crippen molar-refractivity contribution in [3.63, 3.8) is 0 Å². The number of phenols is 1. The van der Waals surface area contributed by atoms with Gasteiger partial charge >= 0.3 is 0 Å². The SMILES string of the molecule is COc1ccc(C=C2C(=O)c3cc(O)ccc3OC2c2ccc(Cl)cc2Cl)cc1. The van der Waals surface area contributed by atoms with Gasteiger partial charge in [-0.05, 0) is 54.1 Å². The summed E-state index contributed by atoms with van der Waals surface area (Å²) >= 11 is 12.4. The van der Waals surface area contributed by atoms with Crippen LogP contribution in [0, 0.1) is 0 Å². The minimum atomic E-state index is -0.716. The molecule has 0 aromatic heterocycles. The zero-order valence-corrected chi connectivity index (χ0v) is 16.9. The topological polar surface area (TPSA) is 55.8 Å². The van der Waals surface area contributed by atoms with Crippen LogP contribution in [0.15, 0.2) is 66.2 Å².